The van der Waals surface area contributed by atoms with Crippen LogP contribution in [0.5, 0.6) is 0 Å². The Labute approximate surface area is 153 Å². The lowest BCUT2D eigenvalue weighted by Gasteiger charge is -2.13. The highest BCUT2D eigenvalue weighted by atomic mass is 35.5. The molecular weight excluding hydrogens is 369 g/mol. The number of aromatic nitrogens is 2. The molecule has 0 bridgehead atoms. The second-order valence-electron chi connectivity index (χ2n) is 6.06. The maximum atomic E-state index is 12.9. The van der Waals surface area contributed by atoms with Crippen LogP contribution in [0.3, 0.4) is 0 Å². The topological polar surface area (TPSA) is 66.9 Å². The van der Waals surface area contributed by atoms with E-state index in [2.05, 4.69) is 20.6 Å². The highest BCUT2D eigenvalue weighted by Crippen LogP contribution is 2.36. The SMILES string of the molecule is O=C(Nc1ccc(Cl)c(C(F)(F)F)c1)c1cc(NC2CCCC2)ncn1. The Bertz CT molecular complexity index is 807. The number of benzene rings is 1. The summed E-state index contributed by atoms with van der Waals surface area (Å²) >= 11 is 5.57. The molecule has 1 amide bonds. The van der Waals surface area contributed by atoms with E-state index in [0.717, 1.165) is 37.8 Å². The summed E-state index contributed by atoms with van der Waals surface area (Å²) in [5.74, 6) is -0.110. The number of nitrogens with one attached hydrogen (secondary N) is 2. The predicted octanol–water partition coefficient (Wildman–Crippen LogP) is 4.76. The van der Waals surface area contributed by atoms with Crippen LogP contribution in [0.25, 0.3) is 0 Å². The first kappa shape index (κ1) is 18.4. The van der Waals surface area contributed by atoms with Crippen molar-refractivity contribution in [3.05, 3.63) is 46.9 Å². The third kappa shape index (κ3) is 4.43. The first-order chi connectivity index (χ1) is 12.3. The Morgan fingerprint density at radius 1 is 1.15 bits per heavy atom. The van der Waals surface area contributed by atoms with Crippen LogP contribution in [0.1, 0.15) is 41.7 Å². The Morgan fingerprint density at radius 2 is 1.88 bits per heavy atom. The van der Waals surface area contributed by atoms with Crippen molar-refractivity contribution in [3.8, 4) is 0 Å². The van der Waals surface area contributed by atoms with E-state index >= 15 is 0 Å². The quantitative estimate of drug-likeness (QED) is 0.797. The van der Waals surface area contributed by atoms with E-state index in [1.165, 1.54) is 18.5 Å². The number of hydrogen-bond acceptors (Lipinski definition) is 4. The summed E-state index contributed by atoms with van der Waals surface area (Å²) in [7, 11) is 0. The van der Waals surface area contributed by atoms with Gasteiger partial charge in [0.2, 0.25) is 0 Å². The van der Waals surface area contributed by atoms with E-state index in [9.17, 15) is 18.0 Å². The lowest BCUT2D eigenvalue weighted by Crippen LogP contribution is -2.18. The highest BCUT2D eigenvalue weighted by molar-refractivity contribution is 6.31. The number of alkyl halides is 3. The first-order valence-electron chi connectivity index (χ1n) is 8.09. The van der Waals surface area contributed by atoms with E-state index in [-0.39, 0.29) is 11.4 Å². The molecule has 1 saturated carbocycles. The number of carbonyl (C=O) groups excluding carboxylic acids is 1. The second-order valence-corrected chi connectivity index (χ2v) is 6.47. The summed E-state index contributed by atoms with van der Waals surface area (Å²) < 4.78 is 38.7. The van der Waals surface area contributed by atoms with Gasteiger partial charge < -0.3 is 10.6 Å². The molecule has 1 aromatic carbocycles. The molecule has 1 aromatic heterocycles. The van der Waals surface area contributed by atoms with Gasteiger partial charge in [-0.25, -0.2) is 9.97 Å². The monoisotopic (exact) mass is 384 g/mol. The molecule has 26 heavy (non-hydrogen) atoms. The fraction of sp³-hybridized carbons (Fsp3) is 0.353. The van der Waals surface area contributed by atoms with Gasteiger partial charge in [-0.05, 0) is 31.0 Å². The zero-order valence-corrected chi connectivity index (χ0v) is 14.4. The maximum Gasteiger partial charge on any atom is 0.417 e. The molecule has 2 aromatic rings. The summed E-state index contributed by atoms with van der Waals surface area (Å²) in [5, 5.41) is 5.21. The lowest BCUT2D eigenvalue weighted by atomic mass is 10.2. The summed E-state index contributed by atoms with van der Waals surface area (Å²) in [4.78, 5) is 20.3. The highest BCUT2D eigenvalue weighted by Gasteiger charge is 2.33. The van der Waals surface area contributed by atoms with Crippen LogP contribution >= 0.6 is 11.6 Å². The number of nitrogens with zero attached hydrogens (tertiary/aromatic N) is 2. The molecule has 0 atom stereocenters. The van der Waals surface area contributed by atoms with E-state index in [4.69, 9.17) is 11.6 Å². The standard InChI is InChI=1S/C17H16ClF3N4O/c18-13-6-5-11(7-12(13)17(19,20)21)25-16(26)14-8-15(23-9-22-14)24-10-3-1-2-4-10/h5-10H,1-4H2,(H,25,26)(H,22,23,24). The number of amides is 1. The average molecular weight is 385 g/mol. The van der Waals surface area contributed by atoms with Crippen molar-refractivity contribution in [3.63, 3.8) is 0 Å². The van der Waals surface area contributed by atoms with E-state index in [1.54, 1.807) is 0 Å². The van der Waals surface area contributed by atoms with Crippen LogP contribution in [0.2, 0.25) is 5.02 Å². The molecule has 9 heteroatoms. The zero-order chi connectivity index (χ0) is 18.7. The molecule has 2 N–H and O–H groups in total. The van der Waals surface area contributed by atoms with Gasteiger partial charge in [0.1, 0.15) is 17.8 Å². The number of carbonyl (C=O) groups is 1. The Kier molecular flexibility index (Phi) is 5.31. The van der Waals surface area contributed by atoms with Crippen LogP contribution in [0, 0.1) is 0 Å². The van der Waals surface area contributed by atoms with E-state index < -0.39 is 22.7 Å². The van der Waals surface area contributed by atoms with Gasteiger partial charge in [-0.15, -0.1) is 0 Å². The predicted molar refractivity (Wildman–Crippen MR) is 92.3 cm³/mol. The van der Waals surface area contributed by atoms with E-state index in [1.807, 2.05) is 0 Å². The molecule has 0 saturated heterocycles. The number of rotatable bonds is 4. The van der Waals surface area contributed by atoms with Crippen molar-refractivity contribution >= 4 is 29.0 Å². The van der Waals surface area contributed by atoms with Gasteiger partial charge in [-0.3, -0.25) is 4.79 Å². The van der Waals surface area contributed by atoms with Crippen molar-refractivity contribution in [2.75, 3.05) is 10.6 Å². The minimum atomic E-state index is -4.61. The molecule has 5 nitrogen and oxygen atoms in total. The maximum absolute atomic E-state index is 12.9. The summed E-state index contributed by atoms with van der Waals surface area (Å²) in [6.07, 6.45) is 1.01. The molecule has 0 aliphatic heterocycles. The molecule has 1 aliphatic rings. The van der Waals surface area contributed by atoms with Crippen LogP contribution < -0.4 is 10.6 Å². The molecule has 0 radical (unpaired) electrons. The average Bonchev–Trinajstić information content (AvgIpc) is 3.09. The van der Waals surface area contributed by atoms with Gasteiger partial charge >= 0.3 is 6.18 Å². The Morgan fingerprint density at radius 3 is 2.58 bits per heavy atom. The van der Waals surface area contributed by atoms with Crippen molar-refractivity contribution in [1.29, 1.82) is 0 Å². The van der Waals surface area contributed by atoms with Crippen molar-refractivity contribution in [2.45, 2.75) is 37.9 Å². The van der Waals surface area contributed by atoms with Gasteiger partial charge in [0.15, 0.2) is 0 Å². The smallest absolute Gasteiger partial charge is 0.367 e. The van der Waals surface area contributed by atoms with Gasteiger partial charge in [0.05, 0.1) is 10.6 Å². The molecule has 1 fully saturated rings. The first-order valence-corrected chi connectivity index (χ1v) is 8.47. The summed E-state index contributed by atoms with van der Waals surface area (Å²) in [6.45, 7) is 0. The fourth-order valence-corrected chi connectivity index (χ4v) is 3.08. The largest absolute Gasteiger partial charge is 0.417 e. The van der Waals surface area contributed by atoms with Crippen molar-refractivity contribution < 1.29 is 18.0 Å². The molecule has 1 aliphatic carbocycles. The lowest BCUT2D eigenvalue weighted by molar-refractivity contribution is -0.137. The minimum absolute atomic E-state index is 0.0179. The zero-order valence-electron chi connectivity index (χ0n) is 13.6. The minimum Gasteiger partial charge on any atom is -0.367 e. The number of anilines is 2. The third-order valence-corrected chi connectivity index (χ3v) is 4.47. The van der Waals surface area contributed by atoms with Gasteiger partial charge in [0, 0.05) is 17.8 Å². The number of halogens is 4. The van der Waals surface area contributed by atoms with Crippen LogP contribution in [-0.4, -0.2) is 21.9 Å². The van der Waals surface area contributed by atoms with Crippen LogP contribution in [-0.2, 0) is 6.18 Å². The van der Waals surface area contributed by atoms with Crippen molar-refractivity contribution in [1.82, 2.24) is 9.97 Å². The molecule has 138 valence electrons. The third-order valence-electron chi connectivity index (χ3n) is 4.14. The van der Waals surface area contributed by atoms with E-state index in [0.29, 0.717) is 11.9 Å². The molecule has 0 spiro atoms. The fourth-order valence-electron chi connectivity index (χ4n) is 2.86. The van der Waals surface area contributed by atoms with Gasteiger partial charge in [-0.2, -0.15) is 13.2 Å². The molecular formula is C17H16ClF3N4O. The normalized spacial score (nSPS) is 15.1. The van der Waals surface area contributed by atoms with Crippen molar-refractivity contribution in [2.24, 2.45) is 0 Å². The summed E-state index contributed by atoms with van der Waals surface area (Å²) in [5.41, 5.74) is -0.970. The van der Waals surface area contributed by atoms with Gasteiger partial charge in [-0.1, -0.05) is 24.4 Å². The number of hydrogen-bond donors (Lipinski definition) is 2. The Balaban J connectivity index is 1.74. The Hall–Kier alpha value is -2.35. The van der Waals surface area contributed by atoms with Crippen LogP contribution in [0.15, 0.2) is 30.6 Å². The molecule has 1 heterocycles. The second kappa shape index (κ2) is 7.49. The van der Waals surface area contributed by atoms with Gasteiger partial charge in [0.25, 0.3) is 5.91 Å². The van der Waals surface area contributed by atoms with Crippen LogP contribution in [0.4, 0.5) is 24.7 Å². The summed E-state index contributed by atoms with van der Waals surface area (Å²) in [6, 6.07) is 4.97. The molecule has 0 unspecified atom stereocenters. The molecule has 3 rings (SSSR count).